The lowest BCUT2D eigenvalue weighted by atomic mass is 10.0. The quantitative estimate of drug-likeness (QED) is 0.878. The molecule has 0 aliphatic rings. The summed E-state index contributed by atoms with van der Waals surface area (Å²) < 4.78 is 13.9. The highest BCUT2D eigenvalue weighted by Gasteiger charge is 2.10. The van der Waals surface area contributed by atoms with Gasteiger partial charge in [0.2, 0.25) is 0 Å². The van der Waals surface area contributed by atoms with Gasteiger partial charge in [0.15, 0.2) is 0 Å². The largest absolute Gasteiger partial charge is 0.310 e. The predicted octanol–water partition coefficient (Wildman–Crippen LogP) is 3.95. The monoisotopic (exact) mass is 258 g/mol. The van der Waals surface area contributed by atoms with Gasteiger partial charge in [0, 0.05) is 29.6 Å². The molecule has 1 aromatic carbocycles. The van der Waals surface area contributed by atoms with E-state index in [0.29, 0.717) is 5.56 Å². The maximum absolute atomic E-state index is 13.9. The number of nitrogens with zero attached hydrogens (tertiary/aromatic N) is 1. The molecule has 0 aliphatic heterocycles. The lowest BCUT2D eigenvalue weighted by Gasteiger charge is -2.15. The number of hydrogen-bond donors (Lipinski definition) is 1. The van der Waals surface area contributed by atoms with Gasteiger partial charge in [0.05, 0.1) is 0 Å². The molecule has 1 aromatic heterocycles. The Hall–Kier alpha value is -1.74. The number of pyridine rings is 1. The average Bonchev–Trinajstić information content (AvgIpc) is 2.46. The molecule has 2 nitrogen and oxygen atoms in total. The van der Waals surface area contributed by atoms with Gasteiger partial charge < -0.3 is 5.32 Å². The molecule has 2 rings (SSSR count). The molecule has 100 valence electrons. The van der Waals surface area contributed by atoms with Crippen LogP contribution < -0.4 is 5.32 Å². The molecule has 0 amide bonds. The molecule has 1 atom stereocenters. The first-order chi connectivity index (χ1) is 9.22. The predicted molar refractivity (Wildman–Crippen MR) is 76.3 cm³/mol. The van der Waals surface area contributed by atoms with Crippen molar-refractivity contribution in [1.82, 2.24) is 10.3 Å². The Bertz CT molecular complexity index is 526. The van der Waals surface area contributed by atoms with Crippen molar-refractivity contribution in [1.29, 1.82) is 0 Å². The van der Waals surface area contributed by atoms with E-state index >= 15 is 0 Å². The average molecular weight is 258 g/mol. The molecule has 1 N–H and O–H groups in total. The van der Waals surface area contributed by atoms with Crippen molar-refractivity contribution in [3.05, 3.63) is 54.1 Å². The van der Waals surface area contributed by atoms with Gasteiger partial charge >= 0.3 is 0 Å². The van der Waals surface area contributed by atoms with Crippen LogP contribution in [0.25, 0.3) is 11.1 Å². The van der Waals surface area contributed by atoms with Gasteiger partial charge in [-0.15, -0.1) is 0 Å². The van der Waals surface area contributed by atoms with Gasteiger partial charge in [-0.25, -0.2) is 4.39 Å². The van der Waals surface area contributed by atoms with Crippen LogP contribution in [0.15, 0.2) is 42.7 Å². The summed E-state index contributed by atoms with van der Waals surface area (Å²) in [6.07, 6.45) is 4.46. The molecule has 0 fully saturated rings. The van der Waals surface area contributed by atoms with Crippen LogP contribution in [0.2, 0.25) is 0 Å². The van der Waals surface area contributed by atoms with Gasteiger partial charge in [-0.1, -0.05) is 19.1 Å². The maximum atomic E-state index is 13.9. The number of aromatic nitrogens is 1. The van der Waals surface area contributed by atoms with Crippen molar-refractivity contribution in [3.8, 4) is 11.1 Å². The van der Waals surface area contributed by atoms with E-state index in [-0.39, 0.29) is 11.9 Å². The Labute approximate surface area is 113 Å². The number of nitrogens with one attached hydrogen (secondary N) is 1. The van der Waals surface area contributed by atoms with Crippen molar-refractivity contribution in [2.45, 2.75) is 26.3 Å². The molecule has 0 radical (unpaired) electrons. The summed E-state index contributed by atoms with van der Waals surface area (Å²) in [7, 11) is 0. The zero-order chi connectivity index (χ0) is 13.7. The molecule has 0 saturated carbocycles. The minimum absolute atomic E-state index is 0.209. The van der Waals surface area contributed by atoms with Crippen LogP contribution in [0, 0.1) is 5.82 Å². The van der Waals surface area contributed by atoms with E-state index in [1.165, 1.54) is 6.07 Å². The Balaban J connectivity index is 2.30. The third-order valence-corrected chi connectivity index (χ3v) is 3.16. The van der Waals surface area contributed by atoms with Gasteiger partial charge in [0.1, 0.15) is 5.82 Å². The molecule has 0 bridgehead atoms. The zero-order valence-corrected chi connectivity index (χ0v) is 11.4. The van der Waals surface area contributed by atoms with E-state index in [1.54, 1.807) is 12.4 Å². The lowest BCUT2D eigenvalue weighted by Crippen LogP contribution is -2.19. The third-order valence-electron chi connectivity index (χ3n) is 3.16. The summed E-state index contributed by atoms with van der Waals surface area (Å²) in [4.78, 5) is 4.04. The van der Waals surface area contributed by atoms with Crippen LogP contribution in [0.1, 0.15) is 31.9 Å². The molecule has 2 aromatic rings. The molecule has 19 heavy (non-hydrogen) atoms. The minimum atomic E-state index is -0.209. The van der Waals surface area contributed by atoms with Crippen LogP contribution in [0.4, 0.5) is 4.39 Å². The molecular formula is C16H19FN2. The molecule has 3 heteroatoms. The standard InChI is InChI=1S/C16H19FN2/c1-3-8-19-12(2)13-6-7-16(17)15(10-13)14-5-4-9-18-11-14/h4-7,9-12,19H,3,8H2,1-2H3. The summed E-state index contributed by atoms with van der Waals surface area (Å²) in [5.41, 5.74) is 2.51. The zero-order valence-electron chi connectivity index (χ0n) is 11.4. The second-order valence-electron chi connectivity index (χ2n) is 4.66. The number of rotatable bonds is 5. The van der Waals surface area contributed by atoms with Gasteiger partial charge in [-0.05, 0) is 43.7 Å². The van der Waals surface area contributed by atoms with Crippen molar-refractivity contribution in [2.75, 3.05) is 6.54 Å². The molecule has 0 saturated heterocycles. The van der Waals surface area contributed by atoms with Crippen LogP contribution >= 0.6 is 0 Å². The first kappa shape index (κ1) is 13.7. The van der Waals surface area contributed by atoms with Crippen LogP contribution in [0.5, 0.6) is 0 Å². The Kier molecular flexibility index (Phi) is 4.63. The van der Waals surface area contributed by atoms with E-state index in [9.17, 15) is 4.39 Å². The molecule has 1 heterocycles. The fourth-order valence-electron chi connectivity index (χ4n) is 2.03. The SMILES string of the molecule is CCCNC(C)c1ccc(F)c(-c2cccnc2)c1. The van der Waals surface area contributed by atoms with Crippen molar-refractivity contribution >= 4 is 0 Å². The minimum Gasteiger partial charge on any atom is -0.310 e. The fraction of sp³-hybridized carbons (Fsp3) is 0.312. The Morgan fingerprint density at radius 1 is 1.32 bits per heavy atom. The van der Waals surface area contributed by atoms with Crippen LogP contribution in [-0.4, -0.2) is 11.5 Å². The molecular weight excluding hydrogens is 239 g/mol. The van der Waals surface area contributed by atoms with E-state index in [1.807, 2.05) is 24.3 Å². The first-order valence-electron chi connectivity index (χ1n) is 6.65. The van der Waals surface area contributed by atoms with Crippen molar-refractivity contribution in [3.63, 3.8) is 0 Å². The third kappa shape index (κ3) is 3.38. The summed E-state index contributed by atoms with van der Waals surface area (Å²) in [6, 6.07) is 9.18. The van der Waals surface area contributed by atoms with E-state index in [0.717, 1.165) is 24.1 Å². The summed E-state index contributed by atoms with van der Waals surface area (Å²) in [5, 5.41) is 3.41. The lowest BCUT2D eigenvalue weighted by molar-refractivity contribution is 0.568. The molecule has 0 spiro atoms. The fourth-order valence-corrected chi connectivity index (χ4v) is 2.03. The van der Waals surface area contributed by atoms with Crippen LogP contribution in [-0.2, 0) is 0 Å². The Morgan fingerprint density at radius 2 is 2.16 bits per heavy atom. The number of halogens is 1. The summed E-state index contributed by atoms with van der Waals surface area (Å²) in [6.45, 7) is 5.18. The van der Waals surface area contributed by atoms with E-state index in [4.69, 9.17) is 0 Å². The maximum Gasteiger partial charge on any atom is 0.131 e. The molecule has 0 aliphatic carbocycles. The first-order valence-corrected chi connectivity index (χ1v) is 6.65. The summed E-state index contributed by atoms with van der Waals surface area (Å²) >= 11 is 0. The van der Waals surface area contributed by atoms with Crippen LogP contribution in [0.3, 0.4) is 0 Å². The van der Waals surface area contributed by atoms with Crippen molar-refractivity contribution in [2.24, 2.45) is 0 Å². The number of benzene rings is 1. The van der Waals surface area contributed by atoms with E-state index < -0.39 is 0 Å². The number of hydrogen-bond acceptors (Lipinski definition) is 2. The highest BCUT2D eigenvalue weighted by Crippen LogP contribution is 2.25. The second-order valence-corrected chi connectivity index (χ2v) is 4.66. The normalized spacial score (nSPS) is 12.4. The van der Waals surface area contributed by atoms with Gasteiger partial charge in [0.25, 0.3) is 0 Å². The van der Waals surface area contributed by atoms with E-state index in [2.05, 4.69) is 24.1 Å². The summed E-state index contributed by atoms with van der Waals surface area (Å²) in [5.74, 6) is -0.209. The van der Waals surface area contributed by atoms with Gasteiger partial charge in [-0.3, -0.25) is 4.98 Å². The molecule has 1 unspecified atom stereocenters. The highest BCUT2D eigenvalue weighted by atomic mass is 19.1. The smallest absolute Gasteiger partial charge is 0.131 e. The van der Waals surface area contributed by atoms with Gasteiger partial charge in [-0.2, -0.15) is 0 Å². The van der Waals surface area contributed by atoms with Crippen molar-refractivity contribution < 1.29 is 4.39 Å². The topological polar surface area (TPSA) is 24.9 Å². The Morgan fingerprint density at radius 3 is 2.84 bits per heavy atom. The second kappa shape index (κ2) is 6.43. The highest BCUT2D eigenvalue weighted by molar-refractivity contribution is 5.64.